The Morgan fingerprint density at radius 3 is 2.80 bits per heavy atom. The summed E-state index contributed by atoms with van der Waals surface area (Å²) in [6.45, 7) is 1.56. The summed E-state index contributed by atoms with van der Waals surface area (Å²) in [5.74, 6) is -0.680. The Labute approximate surface area is 118 Å². The van der Waals surface area contributed by atoms with Gasteiger partial charge in [-0.1, -0.05) is 23.7 Å². The van der Waals surface area contributed by atoms with Crippen LogP contribution in [0.3, 0.4) is 0 Å². The van der Waals surface area contributed by atoms with Crippen LogP contribution in [-0.2, 0) is 0 Å². The lowest BCUT2D eigenvalue weighted by molar-refractivity contribution is -0.385. The van der Waals surface area contributed by atoms with Crippen LogP contribution in [-0.4, -0.2) is 20.8 Å². The lowest BCUT2D eigenvalue weighted by Gasteiger charge is -2.06. The fourth-order valence-corrected chi connectivity index (χ4v) is 1.79. The fraction of sp³-hybridized carbons (Fsp3) is 0.0833. The number of amides is 1. The summed E-state index contributed by atoms with van der Waals surface area (Å²) < 4.78 is 0. The summed E-state index contributed by atoms with van der Waals surface area (Å²) >= 11 is 5.67. The number of anilines is 1. The molecular formula is C12H9ClN4O3. The van der Waals surface area contributed by atoms with Crippen LogP contribution >= 0.6 is 11.6 Å². The van der Waals surface area contributed by atoms with Crippen molar-refractivity contribution in [3.8, 4) is 0 Å². The van der Waals surface area contributed by atoms with Gasteiger partial charge in [-0.3, -0.25) is 20.2 Å². The van der Waals surface area contributed by atoms with Gasteiger partial charge in [0, 0.05) is 11.8 Å². The molecule has 0 radical (unpaired) electrons. The summed E-state index contributed by atoms with van der Waals surface area (Å²) in [5.41, 5.74) is 0.0975. The number of nitro groups is 1. The summed E-state index contributed by atoms with van der Waals surface area (Å²) in [7, 11) is 0. The molecule has 0 unspecified atom stereocenters. The van der Waals surface area contributed by atoms with Gasteiger partial charge < -0.3 is 0 Å². The van der Waals surface area contributed by atoms with Crippen molar-refractivity contribution >= 4 is 29.1 Å². The number of aryl methyl sites for hydroxylation is 1. The minimum atomic E-state index is -0.664. The molecule has 0 aliphatic rings. The molecule has 1 aromatic heterocycles. The van der Waals surface area contributed by atoms with Gasteiger partial charge in [-0.15, -0.1) is 0 Å². The number of benzene rings is 1. The van der Waals surface area contributed by atoms with E-state index in [1.54, 1.807) is 19.1 Å². The van der Waals surface area contributed by atoms with E-state index < -0.39 is 10.8 Å². The van der Waals surface area contributed by atoms with Crippen molar-refractivity contribution in [1.29, 1.82) is 0 Å². The summed E-state index contributed by atoms with van der Waals surface area (Å²) in [4.78, 5) is 30.1. The number of nitrogens with zero attached hydrogens (tertiary/aromatic N) is 3. The maximum absolute atomic E-state index is 12.1. The van der Waals surface area contributed by atoms with E-state index in [0.717, 1.165) is 0 Å². The van der Waals surface area contributed by atoms with Gasteiger partial charge in [0.15, 0.2) is 0 Å². The lowest BCUT2D eigenvalue weighted by Crippen LogP contribution is -2.16. The number of halogens is 1. The second-order valence-electron chi connectivity index (χ2n) is 3.89. The van der Waals surface area contributed by atoms with E-state index in [4.69, 9.17) is 11.6 Å². The Morgan fingerprint density at radius 2 is 2.15 bits per heavy atom. The van der Waals surface area contributed by atoms with Crippen molar-refractivity contribution < 1.29 is 9.72 Å². The van der Waals surface area contributed by atoms with E-state index in [1.807, 2.05) is 0 Å². The number of rotatable bonds is 3. The van der Waals surface area contributed by atoms with Gasteiger partial charge in [0.2, 0.25) is 5.95 Å². The van der Waals surface area contributed by atoms with Crippen LogP contribution in [0, 0.1) is 17.0 Å². The Morgan fingerprint density at radius 1 is 1.40 bits per heavy atom. The van der Waals surface area contributed by atoms with Crippen LogP contribution in [0.15, 0.2) is 30.5 Å². The van der Waals surface area contributed by atoms with Gasteiger partial charge in [-0.2, -0.15) is 0 Å². The Hall–Kier alpha value is -2.54. The van der Waals surface area contributed by atoms with Crippen molar-refractivity contribution in [3.63, 3.8) is 0 Å². The molecule has 0 aliphatic carbocycles. The number of nitro benzene ring substituents is 1. The molecule has 0 bridgehead atoms. The van der Waals surface area contributed by atoms with Gasteiger partial charge in [-0.25, -0.2) is 9.97 Å². The van der Waals surface area contributed by atoms with Crippen molar-refractivity contribution in [3.05, 3.63) is 56.9 Å². The second kappa shape index (κ2) is 5.62. The smallest absolute Gasteiger partial charge is 0.285 e. The quantitative estimate of drug-likeness (QED) is 0.532. The standard InChI is InChI=1S/C12H9ClN4O3/c1-7-3-2-4-8(10(7)17(19)20)11(18)16-12-14-6-5-9(13)15-12/h2-6H,1H3,(H,14,15,16,18). The van der Waals surface area contributed by atoms with E-state index in [2.05, 4.69) is 15.3 Å². The SMILES string of the molecule is Cc1cccc(C(=O)Nc2nccc(Cl)n2)c1[N+](=O)[O-]. The highest BCUT2D eigenvalue weighted by atomic mass is 35.5. The highest BCUT2D eigenvalue weighted by Crippen LogP contribution is 2.23. The van der Waals surface area contributed by atoms with Crippen LogP contribution in [0.25, 0.3) is 0 Å². The zero-order valence-corrected chi connectivity index (χ0v) is 11.1. The van der Waals surface area contributed by atoms with Crippen LogP contribution in [0.5, 0.6) is 0 Å². The molecule has 0 saturated heterocycles. The van der Waals surface area contributed by atoms with Crippen molar-refractivity contribution in [1.82, 2.24) is 9.97 Å². The molecule has 2 aromatic rings. The van der Waals surface area contributed by atoms with Crippen LogP contribution in [0.2, 0.25) is 5.15 Å². The third kappa shape index (κ3) is 2.89. The highest BCUT2D eigenvalue weighted by molar-refractivity contribution is 6.29. The van der Waals surface area contributed by atoms with Gasteiger partial charge in [0.25, 0.3) is 11.6 Å². The largest absolute Gasteiger partial charge is 0.290 e. The average molecular weight is 293 g/mol. The maximum atomic E-state index is 12.1. The minimum Gasteiger partial charge on any atom is -0.290 e. The van der Waals surface area contributed by atoms with E-state index >= 15 is 0 Å². The Bertz CT molecular complexity index is 690. The predicted molar refractivity (Wildman–Crippen MR) is 72.8 cm³/mol. The number of para-hydroxylation sites is 1. The molecule has 0 spiro atoms. The Kier molecular flexibility index (Phi) is 3.90. The van der Waals surface area contributed by atoms with Crippen molar-refractivity contribution in [2.24, 2.45) is 0 Å². The monoisotopic (exact) mass is 292 g/mol. The molecule has 0 aliphatic heterocycles. The molecule has 0 saturated carbocycles. The molecular weight excluding hydrogens is 284 g/mol. The number of hydrogen-bond acceptors (Lipinski definition) is 5. The zero-order valence-electron chi connectivity index (χ0n) is 10.3. The fourth-order valence-electron chi connectivity index (χ4n) is 1.65. The number of aromatic nitrogens is 2. The summed E-state index contributed by atoms with van der Waals surface area (Å²) in [6, 6.07) is 5.94. The second-order valence-corrected chi connectivity index (χ2v) is 4.27. The molecule has 1 aromatic carbocycles. The third-order valence-corrected chi connectivity index (χ3v) is 2.72. The van der Waals surface area contributed by atoms with E-state index in [0.29, 0.717) is 5.56 Å². The maximum Gasteiger partial charge on any atom is 0.285 e. The predicted octanol–water partition coefficient (Wildman–Crippen LogP) is 2.60. The van der Waals surface area contributed by atoms with Gasteiger partial charge in [-0.05, 0) is 19.1 Å². The van der Waals surface area contributed by atoms with Gasteiger partial charge >= 0.3 is 0 Å². The zero-order chi connectivity index (χ0) is 14.7. The molecule has 1 heterocycles. The molecule has 1 N–H and O–H groups in total. The lowest BCUT2D eigenvalue weighted by atomic mass is 10.1. The van der Waals surface area contributed by atoms with E-state index in [9.17, 15) is 14.9 Å². The normalized spacial score (nSPS) is 10.1. The first-order chi connectivity index (χ1) is 9.49. The molecule has 20 heavy (non-hydrogen) atoms. The number of carbonyl (C=O) groups excluding carboxylic acids is 1. The van der Waals surface area contributed by atoms with Gasteiger partial charge in [0.1, 0.15) is 10.7 Å². The minimum absolute atomic E-state index is 0.0155. The molecule has 102 valence electrons. The number of nitrogens with one attached hydrogen (secondary N) is 1. The molecule has 0 atom stereocenters. The molecule has 1 amide bonds. The first-order valence-electron chi connectivity index (χ1n) is 5.53. The highest BCUT2D eigenvalue weighted by Gasteiger charge is 2.22. The molecule has 0 fully saturated rings. The average Bonchev–Trinajstić information content (AvgIpc) is 2.37. The Balaban J connectivity index is 2.35. The summed E-state index contributed by atoms with van der Waals surface area (Å²) in [6.07, 6.45) is 1.37. The topological polar surface area (TPSA) is 98.0 Å². The molecule has 8 heteroatoms. The van der Waals surface area contributed by atoms with Crippen molar-refractivity contribution in [2.45, 2.75) is 6.92 Å². The molecule has 7 nitrogen and oxygen atoms in total. The van der Waals surface area contributed by atoms with Crippen LogP contribution < -0.4 is 5.32 Å². The third-order valence-electron chi connectivity index (χ3n) is 2.51. The van der Waals surface area contributed by atoms with Crippen LogP contribution in [0.4, 0.5) is 11.6 Å². The number of hydrogen-bond donors (Lipinski definition) is 1. The van der Waals surface area contributed by atoms with Crippen LogP contribution in [0.1, 0.15) is 15.9 Å². The summed E-state index contributed by atoms with van der Waals surface area (Å²) in [5, 5.41) is 13.6. The van der Waals surface area contributed by atoms with E-state index in [1.165, 1.54) is 18.3 Å². The van der Waals surface area contributed by atoms with E-state index in [-0.39, 0.29) is 22.4 Å². The number of carbonyl (C=O) groups is 1. The first-order valence-corrected chi connectivity index (χ1v) is 5.90. The first kappa shape index (κ1) is 13.9. The van der Waals surface area contributed by atoms with Gasteiger partial charge in [0.05, 0.1) is 4.92 Å². The molecule has 2 rings (SSSR count). The van der Waals surface area contributed by atoms with Crippen molar-refractivity contribution in [2.75, 3.05) is 5.32 Å².